The van der Waals surface area contributed by atoms with E-state index in [-0.39, 0.29) is 29.5 Å². The van der Waals surface area contributed by atoms with Gasteiger partial charge in [0.2, 0.25) is 5.95 Å². The number of aromatic amines is 1. The molecule has 0 radical (unpaired) electrons. The Morgan fingerprint density at radius 1 is 1.10 bits per heavy atom. The van der Waals surface area contributed by atoms with E-state index in [0.29, 0.717) is 45.1 Å². The molecule has 3 aliphatic rings. The molecule has 5 heterocycles. The van der Waals surface area contributed by atoms with Gasteiger partial charge in [-0.25, -0.2) is 15.0 Å². The molecule has 2 saturated heterocycles. The minimum Gasteiger partial charge on any atom is -0.368 e. The average Bonchev–Trinajstić information content (AvgIpc) is 3.54. The lowest BCUT2D eigenvalue weighted by Gasteiger charge is -2.40. The van der Waals surface area contributed by atoms with Gasteiger partial charge in [-0.3, -0.25) is 14.7 Å². The smallest absolute Gasteiger partial charge is 0.265 e. The lowest BCUT2D eigenvalue weighted by molar-refractivity contribution is 0.0593. The SMILES string of the molecule is Cc1nc(CC(=O)c2[nH]nc3c2C(C)(C)Cc2cnc(N)nc2-3)sc1C(=O)N1CCC(N2CCCCC2)CC1. The summed E-state index contributed by atoms with van der Waals surface area (Å²) >= 11 is 1.34. The number of likely N-dealkylation sites (tertiary alicyclic amines) is 2. The summed E-state index contributed by atoms with van der Waals surface area (Å²) in [4.78, 5) is 45.3. The van der Waals surface area contributed by atoms with E-state index in [1.807, 2.05) is 11.8 Å². The molecule has 11 heteroatoms. The fraction of sp³-hybridized carbons (Fsp3) is 0.571. The van der Waals surface area contributed by atoms with Crippen molar-refractivity contribution < 1.29 is 9.59 Å². The summed E-state index contributed by atoms with van der Waals surface area (Å²) < 4.78 is 0. The first-order valence-electron chi connectivity index (χ1n) is 13.9. The number of nitrogens with two attached hydrogens (primary N) is 1. The highest BCUT2D eigenvalue weighted by molar-refractivity contribution is 7.13. The van der Waals surface area contributed by atoms with Crippen LogP contribution in [0.25, 0.3) is 11.4 Å². The summed E-state index contributed by atoms with van der Waals surface area (Å²) in [6.45, 7) is 9.98. The number of rotatable bonds is 5. The summed E-state index contributed by atoms with van der Waals surface area (Å²) in [5.74, 6) is 0.119. The molecule has 0 aromatic carbocycles. The van der Waals surface area contributed by atoms with Crippen molar-refractivity contribution in [3.63, 3.8) is 0 Å². The molecule has 6 rings (SSSR count). The molecule has 0 unspecified atom stereocenters. The minimum absolute atomic E-state index is 0.0368. The zero-order chi connectivity index (χ0) is 27.3. The Labute approximate surface area is 232 Å². The van der Waals surface area contributed by atoms with E-state index in [4.69, 9.17) is 5.73 Å². The number of nitrogens with one attached hydrogen (secondary N) is 1. The van der Waals surface area contributed by atoms with E-state index in [1.54, 1.807) is 6.20 Å². The van der Waals surface area contributed by atoms with Crippen LogP contribution in [-0.2, 0) is 18.3 Å². The second kappa shape index (κ2) is 10.1. The summed E-state index contributed by atoms with van der Waals surface area (Å²) in [6.07, 6.45) is 8.49. The Hall–Kier alpha value is -3.18. The van der Waals surface area contributed by atoms with Crippen molar-refractivity contribution >= 4 is 29.0 Å². The molecule has 0 spiro atoms. The summed E-state index contributed by atoms with van der Waals surface area (Å²) in [5, 5.41) is 8.10. The zero-order valence-corrected chi connectivity index (χ0v) is 23.7. The van der Waals surface area contributed by atoms with Crippen LogP contribution in [0, 0.1) is 6.92 Å². The van der Waals surface area contributed by atoms with Gasteiger partial charge >= 0.3 is 0 Å². The number of nitrogen functional groups attached to an aromatic ring is 1. The van der Waals surface area contributed by atoms with Gasteiger partial charge in [-0.2, -0.15) is 5.10 Å². The normalized spacial score (nSPS) is 19.5. The maximum Gasteiger partial charge on any atom is 0.265 e. The van der Waals surface area contributed by atoms with Crippen LogP contribution in [0.4, 0.5) is 5.95 Å². The first-order chi connectivity index (χ1) is 18.7. The van der Waals surface area contributed by atoms with E-state index < -0.39 is 0 Å². The predicted octanol–water partition coefficient (Wildman–Crippen LogP) is 3.56. The number of carbonyl (C=O) groups excluding carboxylic acids is 2. The van der Waals surface area contributed by atoms with E-state index in [2.05, 4.69) is 43.9 Å². The third-order valence-electron chi connectivity index (χ3n) is 8.47. The number of ketones is 1. The predicted molar refractivity (Wildman–Crippen MR) is 150 cm³/mol. The lowest BCUT2D eigenvalue weighted by Crippen LogP contribution is -2.48. The highest BCUT2D eigenvalue weighted by atomic mass is 32.1. The minimum atomic E-state index is -0.333. The quantitative estimate of drug-likeness (QED) is 0.462. The lowest BCUT2D eigenvalue weighted by atomic mass is 9.73. The van der Waals surface area contributed by atoms with Crippen LogP contribution < -0.4 is 5.73 Å². The number of carbonyl (C=O) groups is 2. The van der Waals surface area contributed by atoms with Crippen LogP contribution in [0.15, 0.2) is 6.20 Å². The summed E-state index contributed by atoms with van der Waals surface area (Å²) in [6, 6.07) is 0.588. The maximum absolute atomic E-state index is 13.5. The number of fused-ring (bicyclic) bond motifs is 3. The van der Waals surface area contributed by atoms with E-state index >= 15 is 0 Å². The Morgan fingerprint density at radius 2 is 1.85 bits per heavy atom. The van der Waals surface area contributed by atoms with Crippen molar-refractivity contribution in [2.45, 2.75) is 77.2 Å². The third-order valence-corrected chi connectivity index (χ3v) is 9.61. The van der Waals surface area contributed by atoms with Gasteiger partial charge in [0.15, 0.2) is 5.78 Å². The van der Waals surface area contributed by atoms with Gasteiger partial charge in [-0.1, -0.05) is 20.3 Å². The molecular weight excluding hydrogens is 512 g/mol. The second-order valence-corrected chi connectivity index (χ2v) is 12.8. The topological polar surface area (TPSA) is 134 Å². The maximum atomic E-state index is 13.5. The van der Waals surface area contributed by atoms with E-state index in [0.717, 1.165) is 37.1 Å². The van der Waals surface area contributed by atoms with Crippen LogP contribution >= 0.6 is 11.3 Å². The number of aryl methyl sites for hydroxylation is 1. The van der Waals surface area contributed by atoms with Gasteiger partial charge in [0.25, 0.3) is 5.91 Å². The highest BCUT2D eigenvalue weighted by Gasteiger charge is 2.39. The highest BCUT2D eigenvalue weighted by Crippen LogP contribution is 2.43. The number of aromatic nitrogens is 5. The molecule has 0 saturated carbocycles. The number of Topliss-reactive ketones (excluding diaryl/α,β-unsaturated/α-hetero) is 1. The van der Waals surface area contributed by atoms with Crippen LogP contribution in [0.2, 0.25) is 0 Å². The number of anilines is 1. The number of hydrogen-bond donors (Lipinski definition) is 2. The largest absolute Gasteiger partial charge is 0.368 e. The fourth-order valence-electron chi connectivity index (χ4n) is 6.51. The first-order valence-corrected chi connectivity index (χ1v) is 14.8. The third kappa shape index (κ3) is 4.86. The molecule has 0 atom stereocenters. The van der Waals surface area contributed by atoms with Crippen molar-refractivity contribution in [1.29, 1.82) is 0 Å². The Bertz CT molecular complexity index is 1410. The Morgan fingerprint density at radius 3 is 2.59 bits per heavy atom. The van der Waals surface area contributed by atoms with Gasteiger partial charge in [0.05, 0.1) is 17.8 Å². The Balaban J connectivity index is 1.16. The van der Waals surface area contributed by atoms with Gasteiger partial charge < -0.3 is 15.5 Å². The second-order valence-electron chi connectivity index (χ2n) is 11.7. The van der Waals surface area contributed by atoms with Crippen LogP contribution in [0.5, 0.6) is 0 Å². The number of amides is 1. The number of nitrogens with zero attached hydrogens (tertiary/aromatic N) is 6. The molecule has 1 amide bonds. The first kappa shape index (κ1) is 26.1. The molecule has 3 N–H and O–H groups in total. The fourth-order valence-corrected chi connectivity index (χ4v) is 7.54. The van der Waals surface area contributed by atoms with Crippen molar-refractivity contribution in [2.24, 2.45) is 0 Å². The average molecular weight is 549 g/mol. The van der Waals surface area contributed by atoms with Crippen molar-refractivity contribution in [2.75, 3.05) is 31.9 Å². The van der Waals surface area contributed by atoms with Crippen LogP contribution in [0.1, 0.15) is 87.9 Å². The standard InChI is InChI=1S/C28H36N8O2S/c1-16-25(26(38)36-11-7-18(8-12-36)35-9-5-4-6-10-35)39-20(31-16)13-19(37)23-21-24(34-33-23)22-17(14-28(21,2)3)15-30-27(29)32-22/h15,18H,4-14H2,1-3H3,(H,33,34)(H2,29,30,32). The number of piperidine rings is 2. The van der Waals surface area contributed by atoms with Gasteiger partial charge in [0.1, 0.15) is 21.3 Å². The molecule has 0 bridgehead atoms. The van der Waals surface area contributed by atoms with Gasteiger partial charge in [-0.05, 0) is 63.1 Å². The monoisotopic (exact) mass is 548 g/mol. The molecule has 1 aliphatic carbocycles. The molecule has 39 heavy (non-hydrogen) atoms. The number of thiazole rings is 1. The molecular formula is C28H36N8O2S. The van der Waals surface area contributed by atoms with Gasteiger partial charge in [-0.15, -0.1) is 11.3 Å². The molecule has 10 nitrogen and oxygen atoms in total. The molecule has 206 valence electrons. The number of H-pyrrole nitrogens is 1. The van der Waals surface area contributed by atoms with Crippen LogP contribution in [0.3, 0.4) is 0 Å². The van der Waals surface area contributed by atoms with Crippen molar-refractivity contribution in [3.8, 4) is 11.4 Å². The van der Waals surface area contributed by atoms with E-state index in [9.17, 15) is 9.59 Å². The zero-order valence-electron chi connectivity index (χ0n) is 22.9. The van der Waals surface area contributed by atoms with Crippen molar-refractivity contribution in [3.05, 3.63) is 38.6 Å². The van der Waals surface area contributed by atoms with Crippen molar-refractivity contribution in [1.82, 2.24) is 34.9 Å². The van der Waals surface area contributed by atoms with Gasteiger partial charge in [0, 0.05) is 30.9 Å². The molecule has 3 aromatic rings. The van der Waals surface area contributed by atoms with Crippen LogP contribution in [-0.4, -0.2) is 78.9 Å². The summed E-state index contributed by atoms with van der Waals surface area (Å²) in [5.41, 5.74) is 9.81. The van der Waals surface area contributed by atoms with E-state index in [1.165, 1.54) is 43.7 Å². The molecule has 3 aromatic heterocycles. The molecule has 2 fully saturated rings. The molecule has 2 aliphatic heterocycles. The number of hydrogen-bond acceptors (Lipinski definition) is 9. The summed E-state index contributed by atoms with van der Waals surface area (Å²) in [7, 11) is 0. The Kier molecular flexibility index (Phi) is 6.74.